The Morgan fingerprint density at radius 1 is 0.971 bits per heavy atom. The van der Waals surface area contributed by atoms with Crippen molar-refractivity contribution < 1.29 is 18.0 Å². The summed E-state index contributed by atoms with van der Waals surface area (Å²) in [7, 11) is -3.72. The molecule has 3 aromatic rings. The fraction of sp³-hybridized carbons (Fsp3) is 0.231. The summed E-state index contributed by atoms with van der Waals surface area (Å²) < 4.78 is 28.1. The minimum atomic E-state index is -3.72. The van der Waals surface area contributed by atoms with Crippen LogP contribution in [0, 0.1) is 5.92 Å². The third-order valence-electron chi connectivity index (χ3n) is 6.41. The summed E-state index contributed by atoms with van der Waals surface area (Å²) >= 11 is 5.92. The Morgan fingerprint density at radius 3 is 2.43 bits per heavy atom. The number of nitrogens with zero attached hydrogens (tertiary/aromatic N) is 2. The molecule has 3 aromatic carbocycles. The van der Waals surface area contributed by atoms with Crippen molar-refractivity contribution in [3.05, 3.63) is 83.4 Å². The van der Waals surface area contributed by atoms with E-state index >= 15 is 0 Å². The van der Waals surface area contributed by atoms with Crippen molar-refractivity contribution in [3.8, 4) is 0 Å². The van der Waals surface area contributed by atoms with Crippen molar-refractivity contribution in [2.75, 3.05) is 27.6 Å². The van der Waals surface area contributed by atoms with Gasteiger partial charge in [-0.1, -0.05) is 29.8 Å². The maximum absolute atomic E-state index is 13.3. The number of para-hydroxylation sites is 1. The van der Waals surface area contributed by atoms with E-state index in [4.69, 9.17) is 11.6 Å². The van der Waals surface area contributed by atoms with Gasteiger partial charge in [0.05, 0.1) is 16.5 Å². The van der Waals surface area contributed by atoms with Gasteiger partial charge in [0.2, 0.25) is 11.8 Å². The Balaban J connectivity index is 1.27. The fourth-order valence-electron chi connectivity index (χ4n) is 4.58. The lowest BCUT2D eigenvalue weighted by atomic mass is 10.0. The smallest absolute Gasteiger partial charge is 0.264 e. The molecular weight excluding hydrogens is 486 g/mol. The van der Waals surface area contributed by atoms with Crippen molar-refractivity contribution in [2.24, 2.45) is 5.92 Å². The average molecular weight is 510 g/mol. The first-order valence-corrected chi connectivity index (χ1v) is 13.2. The molecule has 1 saturated heterocycles. The summed E-state index contributed by atoms with van der Waals surface area (Å²) in [6.45, 7) is 0.699. The number of benzene rings is 3. The highest BCUT2D eigenvalue weighted by Crippen LogP contribution is 2.32. The summed E-state index contributed by atoms with van der Waals surface area (Å²) in [5, 5.41) is 3.39. The van der Waals surface area contributed by atoms with Crippen LogP contribution in [0.15, 0.2) is 77.7 Å². The van der Waals surface area contributed by atoms with E-state index in [-0.39, 0.29) is 29.7 Å². The van der Waals surface area contributed by atoms with Gasteiger partial charge in [-0.15, -0.1) is 0 Å². The molecule has 9 heteroatoms. The van der Waals surface area contributed by atoms with Gasteiger partial charge in [-0.2, -0.15) is 0 Å². The molecule has 1 N–H and O–H groups in total. The largest absolute Gasteiger partial charge is 0.326 e. The van der Waals surface area contributed by atoms with Gasteiger partial charge >= 0.3 is 0 Å². The van der Waals surface area contributed by atoms with Crippen LogP contribution in [-0.4, -0.2) is 33.3 Å². The maximum atomic E-state index is 13.3. The van der Waals surface area contributed by atoms with Crippen LogP contribution in [0.3, 0.4) is 0 Å². The van der Waals surface area contributed by atoms with E-state index in [9.17, 15) is 18.0 Å². The standard InChI is InChI=1S/C26H24ClN3O4S/c27-20-7-11-22(12-8-20)29-17-19(16-25(29)31)26(32)28-21-9-13-23(14-10-21)35(33,34)30-15-3-5-18-4-1-2-6-24(18)30/h1-2,4,6-14,19H,3,5,15-17H2,(H,28,32). The van der Waals surface area contributed by atoms with Crippen molar-refractivity contribution in [2.45, 2.75) is 24.2 Å². The minimum absolute atomic E-state index is 0.106. The lowest BCUT2D eigenvalue weighted by molar-refractivity contribution is -0.122. The van der Waals surface area contributed by atoms with Crippen LogP contribution in [0.5, 0.6) is 0 Å². The summed E-state index contributed by atoms with van der Waals surface area (Å²) in [6, 6.07) is 20.6. The Morgan fingerprint density at radius 2 is 1.69 bits per heavy atom. The molecule has 1 atom stereocenters. The lowest BCUT2D eigenvalue weighted by Gasteiger charge is -2.30. The number of carbonyl (C=O) groups is 2. The second-order valence-corrected chi connectivity index (χ2v) is 11.0. The molecule has 1 fully saturated rings. The molecule has 180 valence electrons. The third-order valence-corrected chi connectivity index (χ3v) is 8.49. The van der Waals surface area contributed by atoms with Crippen LogP contribution >= 0.6 is 11.6 Å². The van der Waals surface area contributed by atoms with Gasteiger partial charge in [0, 0.05) is 35.9 Å². The first-order valence-electron chi connectivity index (χ1n) is 11.4. The molecule has 2 aliphatic heterocycles. The fourth-order valence-corrected chi connectivity index (χ4v) is 6.25. The molecule has 1 unspecified atom stereocenters. The van der Waals surface area contributed by atoms with Crippen LogP contribution in [0.25, 0.3) is 0 Å². The normalized spacial score (nSPS) is 17.9. The van der Waals surface area contributed by atoms with E-state index in [0.29, 0.717) is 28.6 Å². The minimum Gasteiger partial charge on any atom is -0.326 e. The number of sulfonamides is 1. The molecule has 0 saturated carbocycles. The SMILES string of the molecule is O=C(Nc1ccc(S(=O)(=O)N2CCCc3ccccc32)cc1)C1CC(=O)N(c2ccc(Cl)cc2)C1. The predicted octanol–water partition coefficient (Wildman–Crippen LogP) is 4.47. The summed E-state index contributed by atoms with van der Waals surface area (Å²) in [6.07, 6.45) is 1.72. The van der Waals surface area contributed by atoms with Gasteiger partial charge in [-0.05, 0) is 73.0 Å². The Labute approximate surface area is 209 Å². The number of halogens is 1. The molecule has 0 aliphatic carbocycles. The van der Waals surface area contributed by atoms with Crippen molar-refractivity contribution >= 4 is 50.5 Å². The van der Waals surface area contributed by atoms with Crippen LogP contribution in [0.4, 0.5) is 17.1 Å². The second-order valence-electron chi connectivity index (χ2n) is 8.70. The van der Waals surface area contributed by atoms with E-state index < -0.39 is 15.9 Å². The first-order chi connectivity index (χ1) is 16.8. The molecule has 2 heterocycles. The van der Waals surface area contributed by atoms with Crippen LogP contribution in [0.1, 0.15) is 18.4 Å². The highest BCUT2D eigenvalue weighted by Gasteiger charge is 2.35. The number of rotatable bonds is 5. The number of fused-ring (bicyclic) bond motifs is 1. The molecule has 35 heavy (non-hydrogen) atoms. The number of hydrogen-bond acceptors (Lipinski definition) is 4. The van der Waals surface area contributed by atoms with Crippen molar-refractivity contribution in [1.82, 2.24) is 0 Å². The Kier molecular flexibility index (Phi) is 6.25. The zero-order chi connectivity index (χ0) is 24.6. The number of anilines is 3. The van der Waals surface area contributed by atoms with E-state index in [1.165, 1.54) is 16.4 Å². The highest BCUT2D eigenvalue weighted by molar-refractivity contribution is 7.92. The molecule has 7 nitrogen and oxygen atoms in total. The van der Waals surface area contributed by atoms with Gasteiger partial charge in [0.1, 0.15) is 0 Å². The van der Waals surface area contributed by atoms with Gasteiger partial charge in [0.15, 0.2) is 0 Å². The van der Waals surface area contributed by atoms with Crippen molar-refractivity contribution in [3.63, 3.8) is 0 Å². The molecule has 0 spiro atoms. The summed E-state index contributed by atoms with van der Waals surface area (Å²) in [5.41, 5.74) is 2.91. The van der Waals surface area contributed by atoms with Crippen LogP contribution < -0.4 is 14.5 Å². The molecule has 0 bridgehead atoms. The predicted molar refractivity (Wildman–Crippen MR) is 136 cm³/mol. The molecule has 2 aliphatic rings. The Bertz CT molecular complexity index is 1370. The zero-order valence-electron chi connectivity index (χ0n) is 18.9. The van der Waals surface area contributed by atoms with Gasteiger partial charge < -0.3 is 10.2 Å². The second kappa shape index (κ2) is 9.36. The molecule has 0 aromatic heterocycles. The van der Waals surface area contributed by atoms with Gasteiger partial charge in [-0.25, -0.2) is 8.42 Å². The summed E-state index contributed by atoms with van der Waals surface area (Å²) in [5.74, 6) is -0.919. The molecule has 0 radical (unpaired) electrons. The number of nitrogens with one attached hydrogen (secondary N) is 1. The van der Waals surface area contributed by atoms with Crippen LogP contribution in [0.2, 0.25) is 5.02 Å². The maximum Gasteiger partial charge on any atom is 0.264 e. The zero-order valence-corrected chi connectivity index (χ0v) is 20.4. The number of carbonyl (C=O) groups excluding carboxylic acids is 2. The van der Waals surface area contributed by atoms with E-state index in [1.807, 2.05) is 24.3 Å². The Hall–Kier alpha value is -3.36. The van der Waals surface area contributed by atoms with Crippen LogP contribution in [-0.2, 0) is 26.0 Å². The average Bonchev–Trinajstić information content (AvgIpc) is 3.26. The van der Waals surface area contributed by atoms with E-state index in [1.54, 1.807) is 41.3 Å². The molecule has 5 rings (SSSR count). The number of amides is 2. The van der Waals surface area contributed by atoms with E-state index in [2.05, 4.69) is 5.32 Å². The van der Waals surface area contributed by atoms with Gasteiger partial charge in [0.25, 0.3) is 10.0 Å². The van der Waals surface area contributed by atoms with Gasteiger partial charge in [-0.3, -0.25) is 13.9 Å². The highest BCUT2D eigenvalue weighted by atomic mass is 35.5. The third kappa shape index (κ3) is 4.63. The van der Waals surface area contributed by atoms with Crippen molar-refractivity contribution in [1.29, 1.82) is 0 Å². The monoisotopic (exact) mass is 509 g/mol. The topological polar surface area (TPSA) is 86.8 Å². The molecule has 2 amide bonds. The number of aryl methyl sites for hydroxylation is 1. The summed E-state index contributed by atoms with van der Waals surface area (Å²) in [4.78, 5) is 27.0. The quantitative estimate of drug-likeness (QED) is 0.549. The van der Waals surface area contributed by atoms with E-state index in [0.717, 1.165) is 18.4 Å². The molecular formula is C26H24ClN3O4S. The lowest BCUT2D eigenvalue weighted by Crippen LogP contribution is -2.35. The number of hydrogen-bond donors (Lipinski definition) is 1. The first kappa shape index (κ1) is 23.4.